The minimum atomic E-state index is 0.132. The fourth-order valence-electron chi connectivity index (χ4n) is 1.70. The summed E-state index contributed by atoms with van der Waals surface area (Å²) in [6.45, 7) is 5.31. The van der Waals surface area contributed by atoms with Gasteiger partial charge in [0.25, 0.3) is 0 Å². The molecule has 5 heteroatoms. The van der Waals surface area contributed by atoms with Gasteiger partial charge in [-0.2, -0.15) is 0 Å². The van der Waals surface area contributed by atoms with Gasteiger partial charge in [-0.3, -0.25) is 0 Å². The minimum Gasteiger partial charge on any atom is -0.368 e. The van der Waals surface area contributed by atoms with Crippen molar-refractivity contribution in [3.63, 3.8) is 0 Å². The van der Waals surface area contributed by atoms with Gasteiger partial charge in [0, 0.05) is 24.5 Å². The molecule has 1 saturated heterocycles. The van der Waals surface area contributed by atoms with E-state index in [9.17, 15) is 0 Å². The molecule has 0 saturated carbocycles. The Morgan fingerprint density at radius 3 is 3.07 bits per heavy atom. The van der Waals surface area contributed by atoms with Gasteiger partial charge in [-0.25, -0.2) is 4.98 Å². The lowest BCUT2D eigenvalue weighted by Crippen LogP contribution is -2.35. The van der Waals surface area contributed by atoms with Crippen LogP contribution in [0.4, 0.5) is 0 Å². The molecule has 0 spiro atoms. The average molecular weight is 227 g/mol. The second-order valence-corrected chi connectivity index (χ2v) is 5.00. The topological polar surface area (TPSA) is 51.4 Å². The lowest BCUT2D eigenvalue weighted by atomic mass is 10.3. The van der Waals surface area contributed by atoms with Gasteiger partial charge < -0.3 is 15.4 Å². The highest BCUT2D eigenvalue weighted by atomic mass is 32.1. The van der Waals surface area contributed by atoms with Crippen LogP contribution in [0, 0.1) is 6.92 Å². The second-order valence-electron chi connectivity index (χ2n) is 3.89. The molecule has 1 unspecified atom stereocenters. The van der Waals surface area contributed by atoms with E-state index >= 15 is 0 Å². The standard InChI is InChI=1S/C10H17N3OS/c1-7-9(5-11)15-10(12-7)8-6-13(2)3-4-14-8/h8H,3-6,11H2,1-2H3. The minimum absolute atomic E-state index is 0.132. The lowest BCUT2D eigenvalue weighted by molar-refractivity contribution is -0.0210. The molecule has 0 bridgehead atoms. The van der Waals surface area contributed by atoms with Crippen LogP contribution in [0.1, 0.15) is 21.7 Å². The Balaban J connectivity index is 2.14. The summed E-state index contributed by atoms with van der Waals surface area (Å²) in [5.41, 5.74) is 6.69. The van der Waals surface area contributed by atoms with E-state index in [-0.39, 0.29) is 6.10 Å². The first-order valence-corrected chi connectivity index (χ1v) is 5.98. The van der Waals surface area contributed by atoms with Crippen molar-refractivity contribution in [2.24, 2.45) is 5.73 Å². The quantitative estimate of drug-likeness (QED) is 0.816. The van der Waals surface area contributed by atoms with Crippen molar-refractivity contribution in [2.75, 3.05) is 26.7 Å². The molecule has 0 aromatic carbocycles. The van der Waals surface area contributed by atoms with Crippen molar-refractivity contribution in [3.05, 3.63) is 15.6 Å². The zero-order valence-corrected chi connectivity index (χ0v) is 10.0. The summed E-state index contributed by atoms with van der Waals surface area (Å²) in [4.78, 5) is 7.97. The summed E-state index contributed by atoms with van der Waals surface area (Å²) in [5.74, 6) is 0. The number of hydrogen-bond acceptors (Lipinski definition) is 5. The Morgan fingerprint density at radius 1 is 1.67 bits per heavy atom. The highest BCUT2D eigenvalue weighted by molar-refractivity contribution is 7.11. The van der Waals surface area contributed by atoms with Crippen LogP contribution in [0.3, 0.4) is 0 Å². The Labute approximate surface area is 94.1 Å². The molecule has 1 aromatic rings. The number of nitrogens with two attached hydrogens (primary N) is 1. The Morgan fingerprint density at radius 2 is 2.47 bits per heavy atom. The Bertz CT molecular complexity index is 339. The maximum absolute atomic E-state index is 5.71. The number of nitrogens with zero attached hydrogens (tertiary/aromatic N) is 2. The van der Waals surface area contributed by atoms with Crippen molar-refractivity contribution < 1.29 is 4.74 Å². The fourth-order valence-corrected chi connectivity index (χ4v) is 2.69. The van der Waals surface area contributed by atoms with Gasteiger partial charge in [-0.1, -0.05) is 0 Å². The van der Waals surface area contributed by atoms with Gasteiger partial charge in [-0.05, 0) is 14.0 Å². The highest BCUT2D eigenvalue weighted by Crippen LogP contribution is 2.27. The molecule has 2 heterocycles. The van der Waals surface area contributed by atoms with Crippen LogP contribution < -0.4 is 5.73 Å². The number of aromatic nitrogens is 1. The van der Waals surface area contributed by atoms with Gasteiger partial charge in [0.1, 0.15) is 11.1 Å². The van der Waals surface area contributed by atoms with E-state index in [1.165, 1.54) is 4.88 Å². The first-order chi connectivity index (χ1) is 7.20. The summed E-state index contributed by atoms with van der Waals surface area (Å²) in [6.07, 6.45) is 0.132. The molecule has 1 aliphatic rings. The summed E-state index contributed by atoms with van der Waals surface area (Å²) in [5, 5.41) is 1.07. The third-order valence-electron chi connectivity index (χ3n) is 2.64. The van der Waals surface area contributed by atoms with E-state index in [1.807, 2.05) is 6.92 Å². The molecular weight excluding hydrogens is 210 g/mol. The van der Waals surface area contributed by atoms with Gasteiger partial charge >= 0.3 is 0 Å². The normalized spacial score (nSPS) is 23.3. The number of aryl methyl sites for hydroxylation is 1. The van der Waals surface area contributed by atoms with Gasteiger partial charge in [0.2, 0.25) is 0 Å². The molecule has 4 nitrogen and oxygen atoms in total. The van der Waals surface area contributed by atoms with Gasteiger partial charge in [0.05, 0.1) is 12.3 Å². The predicted molar refractivity (Wildman–Crippen MR) is 60.9 cm³/mol. The van der Waals surface area contributed by atoms with Crippen LogP contribution in [0.25, 0.3) is 0 Å². The fraction of sp³-hybridized carbons (Fsp3) is 0.700. The monoisotopic (exact) mass is 227 g/mol. The number of hydrogen-bond donors (Lipinski definition) is 1. The van der Waals surface area contributed by atoms with Crippen molar-refractivity contribution in [1.29, 1.82) is 0 Å². The second kappa shape index (κ2) is 4.57. The van der Waals surface area contributed by atoms with E-state index in [2.05, 4.69) is 16.9 Å². The predicted octanol–water partition coefficient (Wildman–Crippen LogP) is 0.913. The molecule has 15 heavy (non-hydrogen) atoms. The maximum Gasteiger partial charge on any atom is 0.123 e. The first kappa shape index (κ1) is 11.0. The van der Waals surface area contributed by atoms with E-state index in [4.69, 9.17) is 10.5 Å². The molecule has 1 aromatic heterocycles. The third-order valence-corrected chi connectivity index (χ3v) is 3.91. The zero-order valence-electron chi connectivity index (χ0n) is 9.19. The number of rotatable bonds is 2. The number of likely N-dealkylation sites (N-methyl/N-ethyl adjacent to an activating group) is 1. The maximum atomic E-state index is 5.71. The van der Waals surface area contributed by atoms with Crippen LogP contribution in [-0.2, 0) is 11.3 Å². The van der Waals surface area contributed by atoms with Gasteiger partial charge in [0.15, 0.2) is 0 Å². The summed E-state index contributed by atoms with van der Waals surface area (Å²) >= 11 is 1.68. The van der Waals surface area contributed by atoms with Crippen LogP contribution in [0.15, 0.2) is 0 Å². The van der Waals surface area contributed by atoms with Crippen molar-refractivity contribution in [1.82, 2.24) is 9.88 Å². The van der Waals surface area contributed by atoms with Crippen molar-refractivity contribution >= 4 is 11.3 Å². The van der Waals surface area contributed by atoms with E-state index < -0.39 is 0 Å². The molecule has 2 N–H and O–H groups in total. The molecule has 0 aliphatic carbocycles. The molecule has 1 atom stereocenters. The SMILES string of the molecule is Cc1nc(C2CN(C)CCO2)sc1CN. The van der Waals surface area contributed by atoms with Crippen LogP contribution >= 0.6 is 11.3 Å². The number of thiazole rings is 1. The average Bonchev–Trinajstić information content (AvgIpc) is 2.60. The van der Waals surface area contributed by atoms with E-state index in [0.717, 1.165) is 30.4 Å². The smallest absolute Gasteiger partial charge is 0.123 e. The molecule has 1 fully saturated rings. The third kappa shape index (κ3) is 2.36. The Kier molecular flexibility index (Phi) is 3.35. The van der Waals surface area contributed by atoms with E-state index in [1.54, 1.807) is 11.3 Å². The largest absolute Gasteiger partial charge is 0.368 e. The van der Waals surface area contributed by atoms with Gasteiger partial charge in [-0.15, -0.1) is 11.3 Å². The van der Waals surface area contributed by atoms with Crippen LogP contribution in [0.2, 0.25) is 0 Å². The molecule has 2 rings (SSSR count). The summed E-state index contributed by atoms with van der Waals surface area (Å²) < 4.78 is 5.71. The molecule has 0 amide bonds. The van der Waals surface area contributed by atoms with Crippen molar-refractivity contribution in [3.8, 4) is 0 Å². The van der Waals surface area contributed by atoms with Crippen LogP contribution in [0.5, 0.6) is 0 Å². The molecule has 0 radical (unpaired) electrons. The Hall–Kier alpha value is -0.490. The van der Waals surface area contributed by atoms with Crippen molar-refractivity contribution in [2.45, 2.75) is 19.6 Å². The van der Waals surface area contributed by atoms with E-state index in [0.29, 0.717) is 6.54 Å². The highest BCUT2D eigenvalue weighted by Gasteiger charge is 2.23. The first-order valence-electron chi connectivity index (χ1n) is 5.17. The lowest BCUT2D eigenvalue weighted by Gasteiger charge is -2.28. The molecular formula is C10H17N3OS. The molecule has 1 aliphatic heterocycles. The molecule has 84 valence electrons. The summed E-state index contributed by atoms with van der Waals surface area (Å²) in [7, 11) is 2.11. The number of ether oxygens (including phenoxy) is 1. The van der Waals surface area contributed by atoms with Crippen LogP contribution in [-0.4, -0.2) is 36.6 Å². The number of morpholine rings is 1. The summed E-state index contributed by atoms with van der Waals surface area (Å²) in [6, 6.07) is 0. The zero-order chi connectivity index (χ0) is 10.8.